The van der Waals surface area contributed by atoms with Crippen molar-refractivity contribution in [3.8, 4) is 0 Å². The van der Waals surface area contributed by atoms with Crippen molar-refractivity contribution >= 4 is 11.8 Å². The molecule has 0 fully saturated rings. The highest BCUT2D eigenvalue weighted by molar-refractivity contribution is 5.97. The Kier molecular flexibility index (Phi) is 7.59. The number of likely N-dealkylation sites (N-methyl/N-ethyl adjacent to an activating group) is 1. The molecule has 0 saturated heterocycles. The van der Waals surface area contributed by atoms with Gasteiger partial charge in [0.1, 0.15) is 6.04 Å². The van der Waals surface area contributed by atoms with Gasteiger partial charge in [0.05, 0.1) is 0 Å². The zero-order valence-corrected chi connectivity index (χ0v) is 14.4. The summed E-state index contributed by atoms with van der Waals surface area (Å²) in [4.78, 5) is 29.0. The Morgan fingerprint density at radius 3 is 2.56 bits per heavy atom. The SMILES string of the molecule is CCNCCNC(=O)C(Cc1cccnc1)NC(=O)c1ccccc1. The van der Waals surface area contributed by atoms with Gasteiger partial charge in [0.15, 0.2) is 0 Å². The van der Waals surface area contributed by atoms with Gasteiger partial charge < -0.3 is 16.0 Å². The maximum absolute atomic E-state index is 12.5. The number of nitrogens with zero attached hydrogens (tertiary/aromatic N) is 1. The van der Waals surface area contributed by atoms with Gasteiger partial charge in [-0.15, -0.1) is 0 Å². The maximum atomic E-state index is 12.5. The van der Waals surface area contributed by atoms with E-state index in [0.29, 0.717) is 25.1 Å². The van der Waals surface area contributed by atoms with Crippen LogP contribution in [0, 0.1) is 0 Å². The lowest BCUT2D eigenvalue weighted by Gasteiger charge is -2.18. The van der Waals surface area contributed by atoms with Crippen molar-refractivity contribution in [2.75, 3.05) is 19.6 Å². The fraction of sp³-hybridized carbons (Fsp3) is 0.316. The molecule has 0 spiro atoms. The topological polar surface area (TPSA) is 83.1 Å². The van der Waals surface area contributed by atoms with Gasteiger partial charge in [0.2, 0.25) is 5.91 Å². The van der Waals surface area contributed by atoms with Crippen molar-refractivity contribution in [3.05, 3.63) is 66.0 Å². The number of rotatable bonds is 9. The lowest BCUT2D eigenvalue weighted by molar-refractivity contribution is -0.122. The molecule has 6 nitrogen and oxygen atoms in total. The van der Waals surface area contributed by atoms with Crippen LogP contribution in [-0.4, -0.2) is 42.5 Å². The van der Waals surface area contributed by atoms with Crippen molar-refractivity contribution < 1.29 is 9.59 Å². The van der Waals surface area contributed by atoms with E-state index in [1.54, 1.807) is 36.7 Å². The quantitative estimate of drug-likeness (QED) is 0.598. The molecule has 0 radical (unpaired) electrons. The second-order valence-corrected chi connectivity index (χ2v) is 5.60. The first-order valence-corrected chi connectivity index (χ1v) is 8.44. The summed E-state index contributed by atoms with van der Waals surface area (Å²) in [7, 11) is 0. The fourth-order valence-electron chi connectivity index (χ4n) is 2.37. The zero-order valence-electron chi connectivity index (χ0n) is 14.4. The molecule has 0 aliphatic rings. The number of aromatic nitrogens is 1. The molecule has 3 N–H and O–H groups in total. The van der Waals surface area contributed by atoms with Crippen LogP contribution in [0.2, 0.25) is 0 Å². The number of benzene rings is 1. The minimum atomic E-state index is -0.654. The molecule has 1 aromatic heterocycles. The minimum absolute atomic E-state index is 0.203. The summed E-state index contributed by atoms with van der Waals surface area (Å²) in [5.74, 6) is -0.470. The van der Waals surface area contributed by atoms with Crippen LogP contribution in [-0.2, 0) is 11.2 Å². The van der Waals surface area contributed by atoms with E-state index in [4.69, 9.17) is 0 Å². The van der Waals surface area contributed by atoms with E-state index in [9.17, 15) is 9.59 Å². The van der Waals surface area contributed by atoms with E-state index >= 15 is 0 Å². The summed E-state index contributed by atoms with van der Waals surface area (Å²) in [5.41, 5.74) is 1.42. The predicted octanol–water partition coefficient (Wildman–Crippen LogP) is 1.15. The van der Waals surface area contributed by atoms with E-state index in [1.165, 1.54) is 0 Å². The summed E-state index contributed by atoms with van der Waals surface area (Å²) in [6.45, 7) is 4.05. The third-order valence-electron chi connectivity index (χ3n) is 3.67. The first-order chi connectivity index (χ1) is 12.2. The summed E-state index contributed by atoms with van der Waals surface area (Å²) < 4.78 is 0. The molecule has 1 atom stereocenters. The van der Waals surface area contributed by atoms with Crippen LogP contribution in [0.3, 0.4) is 0 Å². The number of hydrogen-bond acceptors (Lipinski definition) is 4. The van der Waals surface area contributed by atoms with Crippen LogP contribution in [0.1, 0.15) is 22.8 Å². The molecule has 1 unspecified atom stereocenters. The highest BCUT2D eigenvalue weighted by Gasteiger charge is 2.21. The Bertz CT molecular complexity index is 662. The monoisotopic (exact) mass is 340 g/mol. The Labute approximate surface area is 148 Å². The van der Waals surface area contributed by atoms with E-state index < -0.39 is 6.04 Å². The summed E-state index contributed by atoms with van der Waals surface area (Å²) in [6.07, 6.45) is 3.77. The van der Waals surface area contributed by atoms with Crippen molar-refractivity contribution in [2.24, 2.45) is 0 Å². The zero-order chi connectivity index (χ0) is 17.9. The number of nitrogens with one attached hydrogen (secondary N) is 3. The molecule has 0 saturated carbocycles. The molecule has 6 heteroatoms. The number of carbonyl (C=O) groups excluding carboxylic acids is 2. The van der Waals surface area contributed by atoms with E-state index in [-0.39, 0.29) is 11.8 Å². The molecule has 0 bridgehead atoms. The standard InChI is InChI=1S/C19H24N4O2/c1-2-20-11-12-22-19(25)17(13-15-7-6-10-21-14-15)23-18(24)16-8-4-3-5-9-16/h3-10,14,17,20H,2,11-13H2,1H3,(H,22,25)(H,23,24). The van der Waals surface area contributed by atoms with Crippen LogP contribution < -0.4 is 16.0 Å². The van der Waals surface area contributed by atoms with Crippen LogP contribution in [0.25, 0.3) is 0 Å². The molecule has 1 heterocycles. The molecule has 2 amide bonds. The van der Waals surface area contributed by atoms with E-state index in [1.807, 2.05) is 25.1 Å². The Balaban J connectivity index is 2.03. The highest BCUT2D eigenvalue weighted by Crippen LogP contribution is 2.04. The molecule has 0 aliphatic heterocycles. The van der Waals surface area contributed by atoms with Gasteiger partial charge in [-0.2, -0.15) is 0 Å². The smallest absolute Gasteiger partial charge is 0.251 e. The largest absolute Gasteiger partial charge is 0.353 e. The Morgan fingerprint density at radius 1 is 1.08 bits per heavy atom. The fourth-order valence-corrected chi connectivity index (χ4v) is 2.37. The average Bonchev–Trinajstić information content (AvgIpc) is 2.66. The summed E-state index contributed by atoms with van der Waals surface area (Å²) in [5, 5.41) is 8.83. The molecule has 132 valence electrons. The molecular formula is C19H24N4O2. The molecule has 25 heavy (non-hydrogen) atoms. The number of hydrogen-bond donors (Lipinski definition) is 3. The molecule has 1 aromatic carbocycles. The molecule has 2 aromatic rings. The van der Waals surface area contributed by atoms with E-state index in [2.05, 4.69) is 20.9 Å². The van der Waals surface area contributed by atoms with E-state index in [0.717, 1.165) is 12.1 Å². The summed E-state index contributed by atoms with van der Waals surface area (Å²) in [6, 6.07) is 11.9. The lowest BCUT2D eigenvalue weighted by atomic mass is 10.1. The highest BCUT2D eigenvalue weighted by atomic mass is 16.2. The van der Waals surface area contributed by atoms with Crippen LogP contribution in [0.15, 0.2) is 54.9 Å². The van der Waals surface area contributed by atoms with Crippen molar-refractivity contribution in [3.63, 3.8) is 0 Å². The van der Waals surface area contributed by atoms with Gasteiger partial charge in [0.25, 0.3) is 5.91 Å². The molecule has 2 rings (SSSR count). The number of carbonyl (C=O) groups is 2. The summed E-state index contributed by atoms with van der Waals surface area (Å²) >= 11 is 0. The second kappa shape index (κ2) is 10.2. The van der Waals surface area contributed by atoms with Gasteiger partial charge >= 0.3 is 0 Å². The van der Waals surface area contributed by atoms with Gasteiger partial charge in [-0.25, -0.2) is 0 Å². The minimum Gasteiger partial charge on any atom is -0.353 e. The maximum Gasteiger partial charge on any atom is 0.251 e. The second-order valence-electron chi connectivity index (χ2n) is 5.60. The lowest BCUT2D eigenvalue weighted by Crippen LogP contribution is -2.49. The molecule has 0 aliphatic carbocycles. The van der Waals surface area contributed by atoms with Gasteiger partial charge in [0, 0.05) is 37.5 Å². The van der Waals surface area contributed by atoms with Crippen molar-refractivity contribution in [1.29, 1.82) is 0 Å². The third kappa shape index (κ3) is 6.35. The first-order valence-electron chi connectivity index (χ1n) is 8.44. The van der Waals surface area contributed by atoms with Crippen molar-refractivity contribution in [2.45, 2.75) is 19.4 Å². The Hall–Kier alpha value is -2.73. The van der Waals surface area contributed by atoms with Crippen molar-refractivity contribution in [1.82, 2.24) is 20.9 Å². The normalized spacial score (nSPS) is 11.6. The Morgan fingerprint density at radius 2 is 1.88 bits per heavy atom. The van der Waals surface area contributed by atoms with Crippen LogP contribution in [0.5, 0.6) is 0 Å². The third-order valence-corrected chi connectivity index (χ3v) is 3.67. The van der Waals surface area contributed by atoms with Gasteiger partial charge in [-0.3, -0.25) is 14.6 Å². The van der Waals surface area contributed by atoms with Crippen LogP contribution in [0.4, 0.5) is 0 Å². The van der Waals surface area contributed by atoms with Gasteiger partial charge in [-0.1, -0.05) is 31.2 Å². The first kappa shape index (κ1) is 18.6. The number of amides is 2. The molecular weight excluding hydrogens is 316 g/mol. The van der Waals surface area contributed by atoms with Crippen LogP contribution >= 0.6 is 0 Å². The number of pyridine rings is 1. The average molecular weight is 340 g/mol. The predicted molar refractivity (Wildman–Crippen MR) is 97.2 cm³/mol. The van der Waals surface area contributed by atoms with Gasteiger partial charge in [-0.05, 0) is 30.3 Å².